The van der Waals surface area contributed by atoms with Gasteiger partial charge in [0.15, 0.2) is 11.6 Å². The third-order valence-electron chi connectivity index (χ3n) is 6.98. The third kappa shape index (κ3) is 2.20. The van der Waals surface area contributed by atoms with Crippen LogP contribution in [0.2, 0.25) is 0 Å². The van der Waals surface area contributed by atoms with Gasteiger partial charge in [-0.2, -0.15) is 0 Å². The van der Waals surface area contributed by atoms with Crippen LogP contribution in [0.1, 0.15) is 43.2 Å². The first kappa shape index (κ1) is 16.8. The van der Waals surface area contributed by atoms with Crippen LogP contribution in [-0.4, -0.2) is 34.4 Å². The number of hydrogen-bond acceptors (Lipinski definition) is 3. The molecule has 2 saturated carbocycles. The first-order valence-corrected chi connectivity index (χ1v) is 9.64. The number of benzene rings is 1. The number of aromatic hydroxyl groups is 1. The molecule has 3 aliphatic carbocycles. The summed E-state index contributed by atoms with van der Waals surface area (Å²) >= 11 is 3.66. The number of aliphatic hydroxyl groups excluding tert-OH is 1. The molecule has 1 aromatic carbocycles. The molecule has 0 unspecified atom stereocenters. The molecule has 0 radical (unpaired) electrons. The van der Waals surface area contributed by atoms with E-state index in [1.54, 1.807) is 13.2 Å². The van der Waals surface area contributed by atoms with Crippen LogP contribution in [0.15, 0.2) is 12.1 Å². The molecule has 3 nitrogen and oxygen atoms in total. The lowest BCUT2D eigenvalue weighted by Gasteiger charge is -2.53. The highest BCUT2D eigenvalue weighted by Gasteiger charge is 2.60. The minimum absolute atomic E-state index is 0.0355. The number of ether oxygens (including phenoxy) is 1. The Morgan fingerprint density at radius 1 is 1.38 bits per heavy atom. The van der Waals surface area contributed by atoms with Crippen molar-refractivity contribution in [3.05, 3.63) is 29.1 Å². The van der Waals surface area contributed by atoms with Crippen molar-refractivity contribution in [2.24, 2.45) is 17.3 Å². The van der Waals surface area contributed by atoms with Crippen molar-refractivity contribution < 1.29 is 19.3 Å². The van der Waals surface area contributed by atoms with E-state index in [2.05, 4.69) is 22.9 Å². The fourth-order valence-corrected chi connectivity index (χ4v) is 6.81. The van der Waals surface area contributed by atoms with Gasteiger partial charge in [-0.1, -0.05) is 22.9 Å². The molecule has 4 rings (SSSR count). The molecule has 1 aromatic rings. The molecule has 0 aromatic heterocycles. The van der Waals surface area contributed by atoms with Crippen LogP contribution < -0.4 is 0 Å². The number of phenolic OH excluding ortho intramolecular Hbond substituents is 1. The smallest absolute Gasteiger partial charge is 0.165 e. The first-order chi connectivity index (χ1) is 11.4. The Morgan fingerprint density at radius 2 is 2.12 bits per heavy atom. The van der Waals surface area contributed by atoms with Gasteiger partial charge in [-0.05, 0) is 60.8 Å². The fourth-order valence-electron chi connectivity index (χ4n) is 5.81. The predicted octanol–water partition coefficient (Wildman–Crippen LogP) is 3.75. The topological polar surface area (TPSA) is 49.7 Å². The van der Waals surface area contributed by atoms with Gasteiger partial charge >= 0.3 is 0 Å². The molecule has 2 N–H and O–H groups in total. The summed E-state index contributed by atoms with van der Waals surface area (Å²) in [6.07, 6.45) is 3.16. The zero-order chi connectivity index (χ0) is 17.2. The third-order valence-corrected chi connectivity index (χ3v) is 7.86. The van der Waals surface area contributed by atoms with Gasteiger partial charge < -0.3 is 14.9 Å². The van der Waals surface area contributed by atoms with Crippen molar-refractivity contribution in [2.75, 3.05) is 7.11 Å². The van der Waals surface area contributed by atoms with Crippen molar-refractivity contribution in [1.82, 2.24) is 0 Å². The Labute approximate surface area is 150 Å². The summed E-state index contributed by atoms with van der Waals surface area (Å²) in [5, 5.41) is 20.4. The number of aliphatic hydroxyl groups is 1. The number of fused-ring (bicyclic) bond motifs is 5. The second-order valence-electron chi connectivity index (χ2n) is 8.02. The molecule has 0 heterocycles. The van der Waals surface area contributed by atoms with Crippen molar-refractivity contribution in [2.45, 2.75) is 55.6 Å². The second-order valence-corrected chi connectivity index (χ2v) is 9.19. The van der Waals surface area contributed by atoms with Crippen molar-refractivity contribution in [3.63, 3.8) is 0 Å². The number of hydrogen-bond donors (Lipinski definition) is 2. The number of methoxy groups -OCH3 is 1. The Hall–Kier alpha value is -0.650. The lowest BCUT2D eigenvalue weighted by molar-refractivity contribution is -0.0924. The van der Waals surface area contributed by atoms with Crippen LogP contribution in [0.3, 0.4) is 0 Å². The van der Waals surface area contributed by atoms with Crippen molar-refractivity contribution in [3.8, 4) is 5.75 Å². The van der Waals surface area contributed by atoms with Gasteiger partial charge in [0.05, 0.1) is 12.2 Å². The van der Waals surface area contributed by atoms with E-state index in [1.165, 1.54) is 6.07 Å². The predicted molar refractivity (Wildman–Crippen MR) is 93.0 cm³/mol. The second kappa shape index (κ2) is 5.68. The SMILES string of the molecule is CO[C@H]1C[C@]2(C)[C@H](O)[C@H](Br)C[C@H]2[C@@H]2CCc3cc(O)c(F)cc3[C@H]21. The summed E-state index contributed by atoms with van der Waals surface area (Å²) in [6, 6.07) is 3.09. The molecule has 0 saturated heterocycles. The van der Waals surface area contributed by atoms with Gasteiger partial charge in [-0.15, -0.1) is 0 Å². The average Bonchev–Trinajstić information content (AvgIpc) is 2.78. The van der Waals surface area contributed by atoms with Crippen LogP contribution in [0.25, 0.3) is 0 Å². The Kier molecular flexibility index (Phi) is 3.98. The van der Waals surface area contributed by atoms with Gasteiger partial charge in [0.1, 0.15) is 0 Å². The van der Waals surface area contributed by atoms with Gasteiger partial charge in [-0.3, -0.25) is 0 Å². The number of halogens is 2. The average molecular weight is 399 g/mol. The summed E-state index contributed by atoms with van der Waals surface area (Å²) in [6.45, 7) is 2.18. The lowest BCUT2D eigenvalue weighted by atomic mass is 9.54. The maximum absolute atomic E-state index is 14.0. The van der Waals surface area contributed by atoms with E-state index in [1.807, 2.05) is 0 Å². The van der Waals surface area contributed by atoms with Gasteiger partial charge in [0.2, 0.25) is 0 Å². The monoisotopic (exact) mass is 398 g/mol. The fraction of sp³-hybridized carbons (Fsp3) is 0.684. The van der Waals surface area contributed by atoms with Gasteiger partial charge in [0, 0.05) is 23.3 Å². The van der Waals surface area contributed by atoms with E-state index in [0.717, 1.165) is 36.8 Å². The minimum Gasteiger partial charge on any atom is -0.505 e. The van der Waals surface area contributed by atoms with Crippen molar-refractivity contribution in [1.29, 1.82) is 0 Å². The number of phenols is 1. The molecule has 0 spiro atoms. The molecular formula is C19H24BrFO3. The van der Waals surface area contributed by atoms with Crippen LogP contribution in [0.5, 0.6) is 5.75 Å². The quantitative estimate of drug-likeness (QED) is 0.708. The summed E-state index contributed by atoms with van der Waals surface area (Å²) in [5.41, 5.74) is 1.86. The number of alkyl halides is 1. The molecule has 132 valence electrons. The van der Waals surface area contributed by atoms with E-state index in [4.69, 9.17) is 4.74 Å². The molecule has 7 atom stereocenters. The van der Waals surface area contributed by atoms with E-state index in [-0.39, 0.29) is 34.1 Å². The van der Waals surface area contributed by atoms with Crippen LogP contribution >= 0.6 is 15.9 Å². The first-order valence-electron chi connectivity index (χ1n) is 8.73. The Balaban J connectivity index is 1.80. The Bertz CT molecular complexity index is 666. The summed E-state index contributed by atoms with van der Waals surface area (Å²) in [5.74, 6) is 0.0959. The van der Waals surface area contributed by atoms with E-state index >= 15 is 0 Å². The summed E-state index contributed by atoms with van der Waals surface area (Å²) in [7, 11) is 1.71. The van der Waals surface area contributed by atoms with E-state index in [9.17, 15) is 14.6 Å². The van der Waals surface area contributed by atoms with Gasteiger partial charge in [0.25, 0.3) is 0 Å². The van der Waals surface area contributed by atoms with E-state index in [0.29, 0.717) is 11.8 Å². The van der Waals surface area contributed by atoms with Crippen LogP contribution in [0, 0.1) is 23.1 Å². The summed E-state index contributed by atoms with van der Waals surface area (Å²) in [4.78, 5) is 0.113. The standard InChI is InChI=1S/C19H24BrFO3/c1-19-8-16(24-2)17-10(12(19)7-13(20)18(19)23)4-3-9-5-15(22)14(21)6-11(9)17/h5-6,10,12-13,16-18,22-23H,3-4,7-8H2,1-2H3/t10-,12-,13+,16-,17-,18+,19-/m0/s1. The zero-order valence-corrected chi connectivity index (χ0v) is 15.6. The van der Waals surface area contributed by atoms with Crippen LogP contribution in [-0.2, 0) is 11.2 Å². The highest BCUT2D eigenvalue weighted by Crippen LogP contribution is 2.62. The highest BCUT2D eigenvalue weighted by molar-refractivity contribution is 9.09. The van der Waals surface area contributed by atoms with Gasteiger partial charge in [-0.25, -0.2) is 4.39 Å². The number of aryl methyl sites for hydroxylation is 1. The van der Waals surface area contributed by atoms with E-state index < -0.39 is 5.82 Å². The molecule has 2 fully saturated rings. The molecule has 5 heteroatoms. The van der Waals surface area contributed by atoms with Crippen molar-refractivity contribution >= 4 is 15.9 Å². The maximum atomic E-state index is 14.0. The lowest BCUT2D eigenvalue weighted by Crippen LogP contribution is -2.51. The molecule has 24 heavy (non-hydrogen) atoms. The molecule has 0 aliphatic heterocycles. The largest absolute Gasteiger partial charge is 0.505 e. The highest BCUT2D eigenvalue weighted by atomic mass is 79.9. The molecule has 0 amide bonds. The zero-order valence-electron chi connectivity index (χ0n) is 14.0. The molecular weight excluding hydrogens is 375 g/mol. The minimum atomic E-state index is -0.553. The normalized spacial score (nSPS) is 43.9. The summed E-state index contributed by atoms with van der Waals surface area (Å²) < 4.78 is 19.9. The number of rotatable bonds is 1. The van der Waals surface area contributed by atoms with Crippen LogP contribution in [0.4, 0.5) is 4.39 Å². The Morgan fingerprint density at radius 3 is 2.83 bits per heavy atom. The maximum Gasteiger partial charge on any atom is 0.165 e. The molecule has 3 aliphatic rings. The molecule has 0 bridgehead atoms.